The fraction of sp³-hybridized carbons (Fsp3) is 0.571. The van der Waals surface area contributed by atoms with Gasteiger partial charge >= 0.3 is 5.97 Å². The normalized spacial score (nSPS) is 28.9. The second-order valence-electron chi connectivity index (χ2n) is 8.45. The van der Waals surface area contributed by atoms with Gasteiger partial charge in [-0.1, -0.05) is 49.1 Å². The second-order valence-corrected chi connectivity index (χ2v) is 9.87. The van der Waals surface area contributed by atoms with Gasteiger partial charge in [-0.2, -0.15) is 8.42 Å². The van der Waals surface area contributed by atoms with E-state index in [2.05, 4.69) is 6.08 Å². The van der Waals surface area contributed by atoms with Crippen LogP contribution in [0.25, 0.3) is 0 Å². The van der Waals surface area contributed by atoms with Gasteiger partial charge in [-0.3, -0.25) is 9.35 Å². The van der Waals surface area contributed by atoms with Crippen LogP contribution in [0.15, 0.2) is 46.9 Å². The quantitative estimate of drug-likeness (QED) is 0.491. The zero-order chi connectivity index (χ0) is 20.4. The predicted octanol–water partition coefficient (Wildman–Crippen LogP) is 3.50. The number of aliphatic carboxylic acids is 1. The topological polar surface area (TPSA) is 118 Å². The molecule has 0 unspecified atom stereocenters. The first-order valence-corrected chi connectivity index (χ1v) is 11.3. The highest BCUT2D eigenvalue weighted by Gasteiger charge is 2.54. The highest BCUT2D eigenvalue weighted by molar-refractivity contribution is 7.85. The molecular formula is C21H29NO5S. The Labute approximate surface area is 166 Å². The molecule has 4 rings (SSSR count). The van der Waals surface area contributed by atoms with Crippen LogP contribution in [-0.4, -0.2) is 30.6 Å². The van der Waals surface area contributed by atoms with Crippen molar-refractivity contribution in [3.63, 3.8) is 0 Å². The van der Waals surface area contributed by atoms with Crippen LogP contribution < -0.4 is 5.73 Å². The van der Waals surface area contributed by atoms with Crippen molar-refractivity contribution in [1.29, 1.82) is 0 Å². The van der Waals surface area contributed by atoms with Gasteiger partial charge in [-0.05, 0) is 61.1 Å². The maximum absolute atomic E-state index is 11.0. The summed E-state index contributed by atoms with van der Waals surface area (Å²) < 4.78 is 29.2. The molecule has 3 aliphatic carbocycles. The molecule has 6 nitrogen and oxygen atoms in total. The van der Waals surface area contributed by atoms with Crippen LogP contribution in [0.3, 0.4) is 0 Å². The molecule has 0 aliphatic heterocycles. The average molecular weight is 408 g/mol. The summed E-state index contributed by atoms with van der Waals surface area (Å²) in [5.41, 5.74) is 7.33. The van der Waals surface area contributed by atoms with Gasteiger partial charge in [0.1, 0.15) is 0 Å². The number of carboxylic acid groups (broad SMARTS) is 1. The van der Waals surface area contributed by atoms with Crippen LogP contribution in [-0.2, 0) is 14.9 Å². The summed E-state index contributed by atoms with van der Waals surface area (Å²) in [5, 5.41) is 9.05. The Balaban J connectivity index is 0.000000192. The molecule has 3 atom stereocenters. The van der Waals surface area contributed by atoms with Crippen molar-refractivity contribution in [3.8, 4) is 0 Å². The van der Waals surface area contributed by atoms with Crippen molar-refractivity contribution in [3.05, 3.63) is 42.0 Å². The summed E-state index contributed by atoms with van der Waals surface area (Å²) in [6.45, 7) is 0.522. The molecule has 28 heavy (non-hydrogen) atoms. The number of carboxylic acids is 1. The molecule has 4 N–H and O–H groups in total. The minimum Gasteiger partial charge on any atom is -0.481 e. The lowest BCUT2D eigenvalue weighted by molar-refractivity contribution is -0.144. The Morgan fingerprint density at radius 1 is 1.21 bits per heavy atom. The molecule has 0 spiro atoms. The summed E-state index contributed by atoms with van der Waals surface area (Å²) in [6.07, 6.45) is 10.3. The fourth-order valence-electron chi connectivity index (χ4n) is 4.89. The van der Waals surface area contributed by atoms with E-state index in [1.807, 2.05) is 0 Å². The number of carbonyl (C=O) groups is 1. The zero-order valence-electron chi connectivity index (χ0n) is 16.0. The number of nitrogens with two attached hydrogens (primary N) is 1. The molecule has 1 aromatic carbocycles. The van der Waals surface area contributed by atoms with Gasteiger partial charge in [0.25, 0.3) is 10.1 Å². The standard InChI is InChI=1S/C15H23NO2.C6H6O3S/c16-9-15(8-14(17)18)7-12-5-11(6-13(12)15)4-10-2-1-3-10;7-10(8,9)6-4-2-1-3-5-6/h6,10,12-13H,1-5,7-9,16H2,(H,17,18);1-5H,(H,7,8,9)/t12-,13-,15-;/m0./s1. The van der Waals surface area contributed by atoms with Gasteiger partial charge in [-0.15, -0.1) is 0 Å². The van der Waals surface area contributed by atoms with Gasteiger partial charge in [0.2, 0.25) is 0 Å². The summed E-state index contributed by atoms with van der Waals surface area (Å²) >= 11 is 0. The van der Waals surface area contributed by atoms with Crippen LogP contribution >= 0.6 is 0 Å². The largest absolute Gasteiger partial charge is 0.481 e. The van der Waals surface area contributed by atoms with Gasteiger partial charge < -0.3 is 10.8 Å². The average Bonchev–Trinajstić information content (AvgIpc) is 2.94. The molecule has 3 aliphatic rings. The summed E-state index contributed by atoms with van der Waals surface area (Å²) in [7, 11) is -4.00. The lowest BCUT2D eigenvalue weighted by Crippen LogP contribution is -2.51. The highest BCUT2D eigenvalue weighted by atomic mass is 32.2. The van der Waals surface area contributed by atoms with E-state index < -0.39 is 16.1 Å². The number of allylic oxidation sites excluding steroid dienone is 2. The van der Waals surface area contributed by atoms with E-state index in [4.69, 9.17) is 15.4 Å². The number of hydrogen-bond donors (Lipinski definition) is 3. The first kappa shape index (κ1) is 21.0. The predicted molar refractivity (Wildman–Crippen MR) is 106 cm³/mol. The van der Waals surface area contributed by atoms with Gasteiger partial charge in [0.05, 0.1) is 11.3 Å². The molecule has 0 aromatic heterocycles. The molecule has 0 saturated heterocycles. The Morgan fingerprint density at radius 2 is 1.89 bits per heavy atom. The van der Waals surface area contributed by atoms with Gasteiger partial charge in [0, 0.05) is 0 Å². The summed E-state index contributed by atoms with van der Waals surface area (Å²) in [4.78, 5) is 10.9. The SMILES string of the molecule is NC[C@@]1(CC(=O)O)C[C@@H]2CC(CC3CCC3)=C[C@@H]21.O=S(=O)(O)c1ccccc1. The van der Waals surface area contributed by atoms with Crippen molar-refractivity contribution in [2.45, 2.75) is 49.8 Å². The van der Waals surface area contributed by atoms with Crippen LogP contribution in [0.2, 0.25) is 0 Å². The van der Waals surface area contributed by atoms with Crippen LogP contribution in [0.1, 0.15) is 44.9 Å². The van der Waals surface area contributed by atoms with Gasteiger partial charge in [-0.25, -0.2) is 0 Å². The second kappa shape index (κ2) is 8.35. The van der Waals surface area contributed by atoms with Crippen LogP contribution in [0.5, 0.6) is 0 Å². The molecule has 7 heteroatoms. The third-order valence-electron chi connectivity index (χ3n) is 6.55. The maximum atomic E-state index is 11.0. The summed E-state index contributed by atoms with van der Waals surface area (Å²) in [6, 6.07) is 7.42. The molecule has 1 aromatic rings. The van der Waals surface area contributed by atoms with Gasteiger partial charge in [0.15, 0.2) is 0 Å². The van der Waals surface area contributed by atoms with Crippen molar-refractivity contribution < 1.29 is 22.9 Å². The molecule has 0 heterocycles. The Bertz CT molecular complexity index is 832. The number of benzene rings is 1. The third-order valence-corrected chi connectivity index (χ3v) is 7.42. The molecule has 0 amide bonds. The van der Waals surface area contributed by atoms with E-state index >= 15 is 0 Å². The van der Waals surface area contributed by atoms with E-state index in [0.29, 0.717) is 18.4 Å². The van der Waals surface area contributed by atoms with Crippen molar-refractivity contribution in [1.82, 2.24) is 0 Å². The van der Waals surface area contributed by atoms with Crippen molar-refractivity contribution in [2.24, 2.45) is 28.9 Å². The lowest BCUT2D eigenvalue weighted by Gasteiger charge is -2.51. The van der Waals surface area contributed by atoms with E-state index in [-0.39, 0.29) is 16.7 Å². The van der Waals surface area contributed by atoms with E-state index in [1.165, 1.54) is 44.2 Å². The van der Waals surface area contributed by atoms with Crippen molar-refractivity contribution in [2.75, 3.05) is 6.54 Å². The smallest absolute Gasteiger partial charge is 0.303 e. The molecule has 2 fully saturated rings. The monoisotopic (exact) mass is 407 g/mol. The minimum absolute atomic E-state index is 0.0741. The zero-order valence-corrected chi connectivity index (χ0v) is 16.8. The number of rotatable bonds is 6. The van der Waals surface area contributed by atoms with Crippen LogP contribution in [0.4, 0.5) is 0 Å². The first-order chi connectivity index (χ1) is 13.2. The number of hydrogen-bond acceptors (Lipinski definition) is 4. The summed E-state index contributed by atoms with van der Waals surface area (Å²) in [5.74, 6) is 1.37. The Hall–Kier alpha value is -1.70. The fourth-order valence-corrected chi connectivity index (χ4v) is 5.39. The van der Waals surface area contributed by atoms with E-state index in [1.54, 1.807) is 23.8 Å². The molecule has 0 bridgehead atoms. The molecular weight excluding hydrogens is 378 g/mol. The minimum atomic E-state index is -4.00. The molecule has 154 valence electrons. The first-order valence-electron chi connectivity index (χ1n) is 9.87. The Kier molecular flexibility index (Phi) is 6.27. The lowest BCUT2D eigenvalue weighted by atomic mass is 9.53. The third kappa shape index (κ3) is 4.64. The van der Waals surface area contributed by atoms with E-state index in [0.717, 1.165) is 12.3 Å². The maximum Gasteiger partial charge on any atom is 0.303 e. The van der Waals surface area contributed by atoms with Crippen molar-refractivity contribution >= 4 is 16.1 Å². The molecule has 2 saturated carbocycles. The number of fused-ring (bicyclic) bond motifs is 1. The van der Waals surface area contributed by atoms with Crippen LogP contribution in [0, 0.1) is 23.2 Å². The van der Waals surface area contributed by atoms with E-state index in [9.17, 15) is 13.2 Å². The Morgan fingerprint density at radius 3 is 2.36 bits per heavy atom. The highest BCUT2D eigenvalue weighted by Crippen LogP contribution is 2.60. The molecule has 0 radical (unpaired) electrons.